The van der Waals surface area contributed by atoms with E-state index in [-0.39, 0.29) is 17.6 Å². The summed E-state index contributed by atoms with van der Waals surface area (Å²) < 4.78 is 5.99. The summed E-state index contributed by atoms with van der Waals surface area (Å²) in [4.78, 5) is 29.6. The molecule has 2 aromatic carbocycles. The lowest BCUT2D eigenvalue weighted by molar-refractivity contribution is 0.0648. The first-order valence-corrected chi connectivity index (χ1v) is 9.15. The topological polar surface area (TPSA) is 46.6 Å². The fourth-order valence-electron chi connectivity index (χ4n) is 5.42. The number of rotatable bonds is 0. The number of hydrogen-bond donors (Lipinski definition) is 0. The predicted octanol–water partition coefficient (Wildman–Crippen LogP) is 3.13. The molecule has 1 unspecified atom stereocenters. The SMILES string of the molecule is O=C1c2ccccc2C(=O)C12C1=C(COc3ccccc31)C1CCCN12. The van der Waals surface area contributed by atoms with Crippen molar-refractivity contribution in [3.05, 3.63) is 70.8 Å². The van der Waals surface area contributed by atoms with Crippen LogP contribution in [0.1, 0.15) is 39.1 Å². The number of ether oxygens (including phenoxy) is 1. The summed E-state index contributed by atoms with van der Waals surface area (Å²) in [6, 6.07) is 15.2. The van der Waals surface area contributed by atoms with E-state index in [1.807, 2.05) is 36.4 Å². The van der Waals surface area contributed by atoms with Crippen LogP contribution in [0.15, 0.2) is 54.1 Å². The van der Waals surface area contributed by atoms with Crippen molar-refractivity contribution in [2.45, 2.75) is 24.4 Å². The molecule has 4 aliphatic rings. The van der Waals surface area contributed by atoms with Crippen molar-refractivity contribution in [3.63, 3.8) is 0 Å². The molecule has 0 radical (unpaired) electrons. The van der Waals surface area contributed by atoms with Gasteiger partial charge in [0.2, 0.25) is 0 Å². The molecule has 1 fully saturated rings. The Labute approximate surface area is 151 Å². The smallest absolute Gasteiger partial charge is 0.196 e. The maximum absolute atomic E-state index is 13.7. The number of carbonyl (C=O) groups excluding carboxylic acids is 2. The van der Waals surface area contributed by atoms with Crippen molar-refractivity contribution in [1.82, 2.24) is 4.90 Å². The van der Waals surface area contributed by atoms with Crippen molar-refractivity contribution in [1.29, 1.82) is 0 Å². The van der Waals surface area contributed by atoms with E-state index in [0.717, 1.165) is 41.8 Å². The lowest BCUT2D eigenvalue weighted by Crippen LogP contribution is -2.55. The van der Waals surface area contributed by atoms with Gasteiger partial charge in [0, 0.05) is 34.9 Å². The molecule has 6 rings (SSSR count). The Morgan fingerprint density at radius 1 is 0.923 bits per heavy atom. The molecule has 1 aliphatic carbocycles. The Morgan fingerprint density at radius 3 is 2.31 bits per heavy atom. The second kappa shape index (κ2) is 4.71. The lowest BCUT2D eigenvalue weighted by atomic mass is 9.78. The van der Waals surface area contributed by atoms with Gasteiger partial charge in [-0.15, -0.1) is 0 Å². The summed E-state index contributed by atoms with van der Waals surface area (Å²) in [5.74, 6) is 0.641. The average Bonchev–Trinajstić information content (AvgIpc) is 3.32. The van der Waals surface area contributed by atoms with Crippen molar-refractivity contribution in [2.75, 3.05) is 13.2 Å². The molecule has 4 heteroatoms. The fourth-order valence-corrected chi connectivity index (χ4v) is 5.42. The molecule has 3 heterocycles. The molecule has 0 aromatic heterocycles. The van der Waals surface area contributed by atoms with Gasteiger partial charge in [-0.05, 0) is 24.5 Å². The number of hydrogen-bond acceptors (Lipinski definition) is 4. The maximum atomic E-state index is 13.7. The summed E-state index contributed by atoms with van der Waals surface area (Å²) in [7, 11) is 0. The standard InChI is InChI=1S/C22H17NO3/c24-20-13-6-1-2-7-14(13)21(25)22(20)19-15-8-3-4-10-18(15)26-12-16(19)17-9-5-11-23(17)22/h1-4,6-8,10,17H,5,9,11-12H2. The van der Waals surface area contributed by atoms with E-state index in [4.69, 9.17) is 4.74 Å². The molecule has 3 aliphatic heterocycles. The van der Waals surface area contributed by atoms with Gasteiger partial charge in [0.1, 0.15) is 12.4 Å². The Hall–Kier alpha value is -2.72. The Bertz CT molecular complexity index is 1000. The first-order valence-electron chi connectivity index (χ1n) is 9.15. The fraction of sp³-hybridized carbons (Fsp3) is 0.273. The number of carbonyl (C=O) groups is 2. The van der Waals surface area contributed by atoms with Crippen LogP contribution in [-0.2, 0) is 0 Å². The molecular formula is C22H17NO3. The number of fused-ring (bicyclic) bond motifs is 7. The van der Waals surface area contributed by atoms with Crippen LogP contribution in [-0.4, -0.2) is 41.2 Å². The third kappa shape index (κ3) is 1.43. The first-order chi connectivity index (χ1) is 12.7. The number of benzene rings is 2. The second-order valence-corrected chi connectivity index (χ2v) is 7.45. The lowest BCUT2D eigenvalue weighted by Gasteiger charge is -2.35. The van der Waals surface area contributed by atoms with Crippen LogP contribution in [0.25, 0.3) is 5.57 Å². The van der Waals surface area contributed by atoms with E-state index in [2.05, 4.69) is 4.90 Å². The molecule has 0 amide bonds. The third-order valence-corrected chi connectivity index (χ3v) is 6.38. The zero-order chi connectivity index (χ0) is 17.5. The summed E-state index contributed by atoms with van der Waals surface area (Å²) in [6.45, 7) is 1.23. The highest BCUT2D eigenvalue weighted by atomic mass is 16.5. The van der Waals surface area contributed by atoms with Crippen LogP contribution < -0.4 is 4.74 Å². The van der Waals surface area contributed by atoms with Crippen LogP contribution in [0, 0.1) is 0 Å². The van der Waals surface area contributed by atoms with E-state index in [9.17, 15) is 9.59 Å². The summed E-state index contributed by atoms with van der Waals surface area (Å²) in [5, 5.41) is 0. The normalized spacial score (nSPS) is 25.2. The van der Waals surface area contributed by atoms with Gasteiger partial charge in [0.15, 0.2) is 17.1 Å². The molecule has 1 atom stereocenters. The van der Waals surface area contributed by atoms with E-state index >= 15 is 0 Å². The van der Waals surface area contributed by atoms with Gasteiger partial charge in [-0.1, -0.05) is 42.5 Å². The van der Waals surface area contributed by atoms with Crippen LogP contribution >= 0.6 is 0 Å². The molecule has 1 spiro atoms. The van der Waals surface area contributed by atoms with Gasteiger partial charge < -0.3 is 4.74 Å². The van der Waals surface area contributed by atoms with Crippen LogP contribution in [0.2, 0.25) is 0 Å². The van der Waals surface area contributed by atoms with Gasteiger partial charge in [-0.25, -0.2) is 0 Å². The van der Waals surface area contributed by atoms with E-state index < -0.39 is 5.54 Å². The van der Waals surface area contributed by atoms with Crippen LogP contribution in [0.5, 0.6) is 5.75 Å². The first kappa shape index (κ1) is 14.4. The molecule has 0 bridgehead atoms. The third-order valence-electron chi connectivity index (χ3n) is 6.38. The molecular weight excluding hydrogens is 326 g/mol. The van der Waals surface area contributed by atoms with Crippen molar-refractivity contribution in [2.24, 2.45) is 0 Å². The minimum absolute atomic E-state index is 0.0632. The highest BCUT2D eigenvalue weighted by Gasteiger charge is 2.66. The Balaban J connectivity index is 1.69. The van der Waals surface area contributed by atoms with Gasteiger partial charge in [-0.3, -0.25) is 14.5 Å². The molecule has 0 N–H and O–H groups in total. The molecule has 4 nitrogen and oxygen atoms in total. The molecule has 1 saturated heterocycles. The summed E-state index contributed by atoms with van der Waals surface area (Å²) >= 11 is 0. The summed E-state index contributed by atoms with van der Waals surface area (Å²) in [6.07, 6.45) is 1.98. The van der Waals surface area contributed by atoms with Crippen LogP contribution in [0.3, 0.4) is 0 Å². The van der Waals surface area contributed by atoms with Crippen molar-refractivity contribution in [3.8, 4) is 5.75 Å². The van der Waals surface area contributed by atoms with Gasteiger partial charge >= 0.3 is 0 Å². The molecule has 128 valence electrons. The second-order valence-electron chi connectivity index (χ2n) is 7.45. The Kier molecular flexibility index (Phi) is 2.62. The van der Waals surface area contributed by atoms with E-state index in [1.165, 1.54) is 0 Å². The van der Waals surface area contributed by atoms with Gasteiger partial charge in [0.25, 0.3) is 0 Å². The van der Waals surface area contributed by atoms with Crippen molar-refractivity contribution >= 4 is 17.1 Å². The van der Waals surface area contributed by atoms with E-state index in [1.54, 1.807) is 12.1 Å². The Morgan fingerprint density at radius 2 is 1.58 bits per heavy atom. The van der Waals surface area contributed by atoms with Crippen molar-refractivity contribution < 1.29 is 14.3 Å². The highest BCUT2D eigenvalue weighted by molar-refractivity contribution is 6.40. The zero-order valence-electron chi connectivity index (χ0n) is 14.2. The van der Waals surface area contributed by atoms with Gasteiger partial charge in [0.05, 0.1) is 0 Å². The number of ketones is 2. The number of nitrogens with zero attached hydrogens (tertiary/aromatic N) is 1. The maximum Gasteiger partial charge on any atom is 0.196 e. The number of para-hydroxylation sites is 1. The summed E-state index contributed by atoms with van der Waals surface area (Å²) in [5.41, 5.74) is 2.84. The average molecular weight is 343 g/mol. The number of Topliss-reactive ketones (excluding diaryl/α,β-unsaturated/α-hetero) is 2. The molecule has 26 heavy (non-hydrogen) atoms. The highest BCUT2D eigenvalue weighted by Crippen LogP contribution is 2.56. The quantitative estimate of drug-likeness (QED) is 0.690. The molecule has 0 saturated carbocycles. The monoisotopic (exact) mass is 343 g/mol. The van der Waals surface area contributed by atoms with Crippen LogP contribution in [0.4, 0.5) is 0 Å². The van der Waals surface area contributed by atoms with E-state index in [0.29, 0.717) is 17.7 Å². The predicted molar refractivity (Wildman–Crippen MR) is 96.4 cm³/mol. The van der Waals surface area contributed by atoms with Gasteiger partial charge in [-0.2, -0.15) is 0 Å². The minimum atomic E-state index is -1.19. The molecule has 2 aromatic rings. The zero-order valence-corrected chi connectivity index (χ0v) is 14.2. The minimum Gasteiger partial charge on any atom is -0.489 e. The largest absolute Gasteiger partial charge is 0.489 e.